The van der Waals surface area contributed by atoms with E-state index in [1.54, 1.807) is 13.2 Å². The summed E-state index contributed by atoms with van der Waals surface area (Å²) in [7, 11) is 5.81. The summed E-state index contributed by atoms with van der Waals surface area (Å²) >= 11 is 0. The van der Waals surface area contributed by atoms with E-state index in [0.717, 1.165) is 36.2 Å². The summed E-state index contributed by atoms with van der Waals surface area (Å²) in [5, 5.41) is 4.15. The molecule has 2 N–H and O–H groups in total. The molecule has 0 aliphatic carbocycles. The predicted octanol–water partition coefficient (Wildman–Crippen LogP) is 3.65. The van der Waals surface area contributed by atoms with Crippen molar-refractivity contribution in [2.45, 2.75) is 12.8 Å². The van der Waals surface area contributed by atoms with Crippen molar-refractivity contribution in [2.75, 3.05) is 34.3 Å². The van der Waals surface area contributed by atoms with Gasteiger partial charge in [-0.25, -0.2) is 0 Å². The molecule has 152 valence electrons. The minimum Gasteiger partial charge on any atom is -0.497 e. The molecule has 2 aromatic carbocycles. The Morgan fingerprint density at radius 1 is 1.14 bits per heavy atom. The summed E-state index contributed by atoms with van der Waals surface area (Å²) in [6.07, 6.45) is 7.32. The maximum Gasteiger partial charge on any atom is 0.244 e. The first-order valence-electron chi connectivity index (χ1n) is 9.89. The number of hydrogen-bond acceptors (Lipinski definition) is 3. The highest BCUT2D eigenvalue weighted by Gasteiger charge is 2.05. The van der Waals surface area contributed by atoms with Crippen LogP contribution in [0.25, 0.3) is 17.0 Å². The molecule has 0 aliphatic heterocycles. The van der Waals surface area contributed by atoms with E-state index >= 15 is 0 Å². The smallest absolute Gasteiger partial charge is 0.244 e. The standard InChI is InChI=1S/C24H29N3O2/c1-27(2)15-13-20-17-26-23-10-6-19(16-22(20)23)7-11-24(28)25-14-12-18-4-8-21(29-3)9-5-18/h4-11,16-17,26H,12-15H2,1-3H3,(H,25,28)/b11-7+. The molecule has 29 heavy (non-hydrogen) atoms. The molecule has 3 aromatic rings. The Morgan fingerprint density at radius 3 is 2.66 bits per heavy atom. The summed E-state index contributed by atoms with van der Waals surface area (Å²) in [5.74, 6) is 0.755. The molecule has 0 unspecified atom stereocenters. The Balaban J connectivity index is 1.54. The second-order valence-electron chi connectivity index (χ2n) is 7.39. The van der Waals surface area contributed by atoms with Crippen LogP contribution in [-0.2, 0) is 17.6 Å². The molecule has 0 saturated heterocycles. The lowest BCUT2D eigenvalue weighted by Crippen LogP contribution is -2.23. The number of methoxy groups -OCH3 is 1. The molecule has 5 nitrogen and oxygen atoms in total. The monoisotopic (exact) mass is 391 g/mol. The molecule has 0 atom stereocenters. The molecule has 0 aliphatic rings. The molecule has 3 rings (SSSR count). The molecule has 0 fully saturated rings. The molecule has 0 saturated carbocycles. The lowest BCUT2D eigenvalue weighted by molar-refractivity contribution is -0.116. The number of likely N-dealkylation sites (N-methyl/N-ethyl adjacent to an activating group) is 1. The number of nitrogens with zero attached hydrogens (tertiary/aromatic N) is 1. The Labute approximate surface area is 172 Å². The first kappa shape index (κ1) is 20.7. The van der Waals surface area contributed by atoms with Gasteiger partial charge in [-0.15, -0.1) is 0 Å². The number of ether oxygens (including phenoxy) is 1. The number of rotatable bonds is 9. The predicted molar refractivity (Wildman–Crippen MR) is 119 cm³/mol. The fraction of sp³-hybridized carbons (Fsp3) is 0.292. The van der Waals surface area contributed by atoms with Crippen molar-refractivity contribution in [1.82, 2.24) is 15.2 Å². The topological polar surface area (TPSA) is 57.4 Å². The Kier molecular flexibility index (Phi) is 7.09. The second-order valence-corrected chi connectivity index (χ2v) is 7.39. The zero-order valence-electron chi connectivity index (χ0n) is 17.4. The summed E-state index contributed by atoms with van der Waals surface area (Å²) < 4.78 is 5.16. The number of aromatic nitrogens is 1. The molecule has 0 radical (unpaired) electrons. The molecule has 0 spiro atoms. The van der Waals surface area contributed by atoms with Gasteiger partial charge in [-0.2, -0.15) is 0 Å². The van der Waals surface area contributed by atoms with E-state index in [2.05, 4.69) is 47.6 Å². The highest BCUT2D eigenvalue weighted by Crippen LogP contribution is 2.21. The van der Waals surface area contributed by atoms with Gasteiger partial charge in [-0.1, -0.05) is 18.2 Å². The van der Waals surface area contributed by atoms with Crippen LogP contribution in [0.1, 0.15) is 16.7 Å². The summed E-state index contributed by atoms with van der Waals surface area (Å²) in [6, 6.07) is 14.1. The van der Waals surface area contributed by atoms with Crippen LogP contribution < -0.4 is 10.1 Å². The number of carbonyl (C=O) groups excluding carboxylic acids is 1. The van der Waals surface area contributed by atoms with Crippen LogP contribution in [0.15, 0.2) is 54.7 Å². The van der Waals surface area contributed by atoms with Gasteiger partial charge in [0.2, 0.25) is 5.91 Å². The highest BCUT2D eigenvalue weighted by molar-refractivity contribution is 5.93. The van der Waals surface area contributed by atoms with Crippen molar-refractivity contribution in [1.29, 1.82) is 0 Å². The minimum atomic E-state index is -0.0829. The van der Waals surface area contributed by atoms with Gasteiger partial charge in [0, 0.05) is 36.3 Å². The Morgan fingerprint density at radius 2 is 1.93 bits per heavy atom. The molecule has 5 heteroatoms. The van der Waals surface area contributed by atoms with E-state index in [4.69, 9.17) is 4.74 Å². The van der Waals surface area contributed by atoms with Crippen LogP contribution in [0.4, 0.5) is 0 Å². The zero-order valence-corrected chi connectivity index (χ0v) is 17.4. The summed E-state index contributed by atoms with van der Waals surface area (Å²) in [5.41, 5.74) is 4.61. The minimum absolute atomic E-state index is 0.0829. The van der Waals surface area contributed by atoms with Gasteiger partial charge in [0.05, 0.1) is 7.11 Å². The van der Waals surface area contributed by atoms with E-state index in [1.807, 2.05) is 36.4 Å². The number of H-pyrrole nitrogens is 1. The van der Waals surface area contributed by atoms with E-state index in [9.17, 15) is 4.79 Å². The fourth-order valence-electron chi connectivity index (χ4n) is 3.20. The molecule has 1 heterocycles. The van der Waals surface area contributed by atoms with Crippen molar-refractivity contribution in [3.8, 4) is 5.75 Å². The second kappa shape index (κ2) is 9.94. The van der Waals surface area contributed by atoms with Gasteiger partial charge in [-0.3, -0.25) is 4.79 Å². The maximum absolute atomic E-state index is 12.1. The summed E-state index contributed by atoms with van der Waals surface area (Å²) in [4.78, 5) is 17.6. The van der Waals surface area contributed by atoms with Gasteiger partial charge in [0.1, 0.15) is 5.75 Å². The number of aromatic amines is 1. The number of benzene rings is 2. The van der Waals surface area contributed by atoms with Gasteiger partial charge in [0.25, 0.3) is 0 Å². The molecule has 0 bridgehead atoms. The number of fused-ring (bicyclic) bond motifs is 1. The van der Waals surface area contributed by atoms with Gasteiger partial charge < -0.3 is 19.9 Å². The van der Waals surface area contributed by atoms with E-state index in [0.29, 0.717) is 6.54 Å². The quantitative estimate of drug-likeness (QED) is 0.548. The lowest BCUT2D eigenvalue weighted by atomic mass is 10.1. The number of carbonyl (C=O) groups is 1. The van der Waals surface area contributed by atoms with Crippen molar-refractivity contribution in [2.24, 2.45) is 0 Å². The Hall–Kier alpha value is -3.05. The largest absolute Gasteiger partial charge is 0.497 e. The highest BCUT2D eigenvalue weighted by atomic mass is 16.5. The van der Waals surface area contributed by atoms with Crippen molar-refractivity contribution < 1.29 is 9.53 Å². The average molecular weight is 392 g/mol. The average Bonchev–Trinajstić information content (AvgIpc) is 3.13. The van der Waals surface area contributed by atoms with Crippen molar-refractivity contribution in [3.63, 3.8) is 0 Å². The zero-order chi connectivity index (χ0) is 20.6. The van der Waals surface area contributed by atoms with Crippen LogP contribution in [0.5, 0.6) is 5.75 Å². The summed E-state index contributed by atoms with van der Waals surface area (Å²) in [6.45, 7) is 1.60. The van der Waals surface area contributed by atoms with Crippen LogP contribution in [-0.4, -0.2) is 50.1 Å². The number of hydrogen-bond donors (Lipinski definition) is 2. The van der Waals surface area contributed by atoms with Gasteiger partial charge >= 0.3 is 0 Å². The van der Waals surface area contributed by atoms with Crippen LogP contribution >= 0.6 is 0 Å². The fourth-order valence-corrected chi connectivity index (χ4v) is 3.20. The Bertz CT molecular complexity index is 971. The lowest BCUT2D eigenvalue weighted by Gasteiger charge is -2.08. The van der Waals surface area contributed by atoms with Crippen LogP contribution in [0.2, 0.25) is 0 Å². The van der Waals surface area contributed by atoms with Crippen LogP contribution in [0, 0.1) is 0 Å². The van der Waals surface area contributed by atoms with Gasteiger partial charge in [-0.05, 0) is 74.0 Å². The first-order valence-corrected chi connectivity index (χ1v) is 9.89. The number of amides is 1. The van der Waals surface area contributed by atoms with Gasteiger partial charge in [0.15, 0.2) is 0 Å². The molecular formula is C24H29N3O2. The van der Waals surface area contributed by atoms with E-state index < -0.39 is 0 Å². The third-order valence-electron chi connectivity index (χ3n) is 4.92. The molecule has 1 amide bonds. The van der Waals surface area contributed by atoms with E-state index in [-0.39, 0.29) is 5.91 Å². The normalized spacial score (nSPS) is 11.4. The maximum atomic E-state index is 12.1. The third kappa shape index (κ3) is 5.96. The first-order chi connectivity index (χ1) is 14.0. The number of nitrogens with one attached hydrogen (secondary N) is 2. The molecule has 1 aromatic heterocycles. The third-order valence-corrected chi connectivity index (χ3v) is 4.92. The van der Waals surface area contributed by atoms with Crippen molar-refractivity contribution in [3.05, 3.63) is 71.4 Å². The van der Waals surface area contributed by atoms with Crippen LogP contribution in [0.3, 0.4) is 0 Å². The van der Waals surface area contributed by atoms with E-state index in [1.165, 1.54) is 16.5 Å². The van der Waals surface area contributed by atoms with Crippen molar-refractivity contribution >= 4 is 22.9 Å². The SMILES string of the molecule is COc1ccc(CCNC(=O)/C=C/c2ccc3[nH]cc(CCN(C)C)c3c2)cc1. The molecular weight excluding hydrogens is 362 g/mol.